The number of carbonyl (C=O) groups is 1. The van der Waals surface area contributed by atoms with Crippen molar-refractivity contribution in [3.63, 3.8) is 0 Å². The number of hydrogen-bond donors (Lipinski definition) is 1. The van der Waals surface area contributed by atoms with Crippen molar-refractivity contribution < 1.29 is 9.72 Å². The molecule has 0 unspecified atom stereocenters. The van der Waals surface area contributed by atoms with Crippen LogP contribution >= 0.6 is 11.6 Å². The summed E-state index contributed by atoms with van der Waals surface area (Å²) in [5, 5.41) is 13.4. The Morgan fingerprint density at radius 1 is 1.31 bits per heavy atom. The standard InChI is InChI=1S/C17H18ClN5O3/c1-11-4-6-22(7-5-11)17-19-9-12(10-20-17)21-16(24)14-3-2-13(23(25)26)8-15(14)18/h2-3,8-11H,4-7H2,1H3,(H,21,24). The van der Waals surface area contributed by atoms with E-state index in [9.17, 15) is 14.9 Å². The summed E-state index contributed by atoms with van der Waals surface area (Å²) in [6.07, 6.45) is 5.30. The van der Waals surface area contributed by atoms with Gasteiger partial charge in [0.2, 0.25) is 5.95 Å². The number of non-ortho nitro benzene ring substituents is 1. The molecule has 0 aliphatic carbocycles. The molecule has 26 heavy (non-hydrogen) atoms. The second-order valence-corrected chi connectivity index (χ2v) is 6.72. The van der Waals surface area contributed by atoms with Crippen molar-refractivity contribution in [1.82, 2.24) is 9.97 Å². The number of rotatable bonds is 4. The van der Waals surface area contributed by atoms with Gasteiger partial charge < -0.3 is 10.2 Å². The highest BCUT2D eigenvalue weighted by molar-refractivity contribution is 6.34. The molecule has 136 valence electrons. The molecular formula is C17H18ClN5O3. The summed E-state index contributed by atoms with van der Waals surface area (Å²) in [5.74, 6) is 0.882. The number of nitrogens with one attached hydrogen (secondary N) is 1. The maximum absolute atomic E-state index is 12.3. The van der Waals surface area contributed by atoms with Gasteiger partial charge in [-0.1, -0.05) is 18.5 Å². The number of aromatic nitrogens is 2. The van der Waals surface area contributed by atoms with Gasteiger partial charge in [0.25, 0.3) is 11.6 Å². The zero-order valence-electron chi connectivity index (χ0n) is 14.2. The van der Waals surface area contributed by atoms with Crippen molar-refractivity contribution >= 4 is 34.8 Å². The lowest BCUT2D eigenvalue weighted by atomic mass is 10.00. The van der Waals surface area contributed by atoms with Crippen LogP contribution in [0.2, 0.25) is 5.02 Å². The first-order valence-electron chi connectivity index (χ1n) is 8.26. The lowest BCUT2D eigenvalue weighted by molar-refractivity contribution is -0.384. The second-order valence-electron chi connectivity index (χ2n) is 6.32. The smallest absolute Gasteiger partial charge is 0.270 e. The second kappa shape index (κ2) is 7.65. The van der Waals surface area contributed by atoms with Crippen molar-refractivity contribution in [2.75, 3.05) is 23.3 Å². The Hall–Kier alpha value is -2.74. The summed E-state index contributed by atoms with van der Waals surface area (Å²) in [6, 6.07) is 3.70. The number of nitrogens with zero attached hydrogens (tertiary/aromatic N) is 4. The van der Waals surface area contributed by atoms with E-state index in [4.69, 9.17) is 11.6 Å². The van der Waals surface area contributed by atoms with Gasteiger partial charge >= 0.3 is 0 Å². The molecule has 1 aliphatic heterocycles. The molecule has 9 heteroatoms. The minimum Gasteiger partial charge on any atom is -0.341 e. The van der Waals surface area contributed by atoms with Crippen LogP contribution in [0.25, 0.3) is 0 Å². The van der Waals surface area contributed by atoms with Gasteiger partial charge in [0.15, 0.2) is 0 Å². The summed E-state index contributed by atoms with van der Waals surface area (Å²) >= 11 is 5.97. The number of amides is 1. The van der Waals surface area contributed by atoms with Gasteiger partial charge in [0, 0.05) is 25.2 Å². The third-order valence-corrected chi connectivity index (χ3v) is 4.68. The number of nitro benzene ring substituents is 1. The van der Waals surface area contributed by atoms with Gasteiger partial charge in [0.1, 0.15) is 0 Å². The Labute approximate surface area is 155 Å². The largest absolute Gasteiger partial charge is 0.341 e. The highest BCUT2D eigenvalue weighted by atomic mass is 35.5. The molecule has 1 aromatic heterocycles. The quantitative estimate of drug-likeness (QED) is 0.648. The summed E-state index contributed by atoms with van der Waals surface area (Å²) in [4.78, 5) is 33.2. The van der Waals surface area contributed by atoms with Crippen LogP contribution in [0.3, 0.4) is 0 Å². The number of hydrogen-bond acceptors (Lipinski definition) is 6. The molecule has 2 aromatic rings. The summed E-state index contributed by atoms with van der Waals surface area (Å²) in [7, 11) is 0. The van der Waals surface area contributed by atoms with Crippen LogP contribution in [0.4, 0.5) is 17.3 Å². The van der Waals surface area contributed by atoms with E-state index in [1.165, 1.54) is 24.5 Å². The number of halogens is 1. The summed E-state index contributed by atoms with van der Waals surface area (Å²) in [6.45, 7) is 4.08. The lowest BCUT2D eigenvalue weighted by Crippen LogP contribution is -2.34. The molecule has 1 aromatic carbocycles. The van der Waals surface area contributed by atoms with Crippen LogP contribution in [0, 0.1) is 16.0 Å². The van der Waals surface area contributed by atoms with Gasteiger partial charge in [-0.25, -0.2) is 9.97 Å². The average molecular weight is 376 g/mol. The van der Waals surface area contributed by atoms with Gasteiger partial charge in [-0.2, -0.15) is 0 Å². The zero-order chi connectivity index (χ0) is 18.7. The van der Waals surface area contributed by atoms with Crippen LogP contribution in [0.5, 0.6) is 0 Å². The van der Waals surface area contributed by atoms with E-state index in [1.807, 2.05) is 0 Å². The topological polar surface area (TPSA) is 101 Å². The SMILES string of the molecule is CC1CCN(c2ncc(NC(=O)c3ccc([N+](=O)[O-])cc3Cl)cn2)CC1. The van der Waals surface area contributed by atoms with Crippen LogP contribution in [-0.4, -0.2) is 33.9 Å². The fourth-order valence-corrected chi connectivity index (χ4v) is 3.02. The number of nitro groups is 1. The predicted octanol–water partition coefficient (Wildman–Crippen LogP) is 3.53. The first kappa shape index (κ1) is 18.1. The minimum absolute atomic E-state index is 0.0108. The fraction of sp³-hybridized carbons (Fsp3) is 0.353. The molecule has 0 radical (unpaired) electrons. The van der Waals surface area contributed by atoms with E-state index >= 15 is 0 Å². The van der Waals surface area contributed by atoms with Crippen LogP contribution in [0.1, 0.15) is 30.1 Å². The Balaban J connectivity index is 1.67. The molecule has 0 atom stereocenters. The van der Waals surface area contributed by atoms with E-state index in [0.717, 1.165) is 37.9 Å². The zero-order valence-corrected chi connectivity index (χ0v) is 14.9. The molecule has 0 saturated carbocycles. The third-order valence-electron chi connectivity index (χ3n) is 4.37. The van der Waals surface area contributed by atoms with Crippen molar-refractivity contribution in [2.24, 2.45) is 5.92 Å². The molecule has 0 spiro atoms. The number of benzene rings is 1. The molecular weight excluding hydrogens is 358 g/mol. The molecule has 1 aliphatic rings. The van der Waals surface area contributed by atoms with Crippen molar-refractivity contribution in [3.05, 3.63) is 51.3 Å². The first-order valence-corrected chi connectivity index (χ1v) is 8.64. The number of carbonyl (C=O) groups excluding carboxylic acids is 1. The van der Waals surface area contributed by atoms with E-state index in [2.05, 4.69) is 27.1 Å². The molecule has 1 fully saturated rings. The molecule has 1 saturated heterocycles. The van der Waals surface area contributed by atoms with E-state index < -0.39 is 10.8 Å². The van der Waals surface area contributed by atoms with Gasteiger partial charge in [-0.05, 0) is 24.8 Å². The molecule has 2 heterocycles. The van der Waals surface area contributed by atoms with Crippen LogP contribution < -0.4 is 10.2 Å². The molecule has 8 nitrogen and oxygen atoms in total. The van der Waals surface area contributed by atoms with Gasteiger partial charge in [-0.3, -0.25) is 14.9 Å². The number of anilines is 2. The third kappa shape index (κ3) is 4.08. The first-order chi connectivity index (χ1) is 12.4. The Kier molecular flexibility index (Phi) is 5.32. The maximum Gasteiger partial charge on any atom is 0.270 e. The Morgan fingerprint density at radius 3 is 2.54 bits per heavy atom. The molecule has 1 amide bonds. The van der Waals surface area contributed by atoms with Crippen molar-refractivity contribution in [1.29, 1.82) is 0 Å². The highest BCUT2D eigenvalue weighted by Gasteiger charge is 2.18. The lowest BCUT2D eigenvalue weighted by Gasteiger charge is -2.30. The number of piperidine rings is 1. The Morgan fingerprint density at radius 2 is 1.96 bits per heavy atom. The van der Waals surface area contributed by atoms with E-state index in [-0.39, 0.29) is 16.3 Å². The highest BCUT2D eigenvalue weighted by Crippen LogP contribution is 2.24. The monoisotopic (exact) mass is 375 g/mol. The normalized spacial score (nSPS) is 14.9. The predicted molar refractivity (Wildman–Crippen MR) is 98.7 cm³/mol. The molecule has 0 bridgehead atoms. The Bertz CT molecular complexity index is 820. The van der Waals surface area contributed by atoms with Crippen molar-refractivity contribution in [3.8, 4) is 0 Å². The average Bonchev–Trinajstić information content (AvgIpc) is 2.63. The summed E-state index contributed by atoms with van der Waals surface area (Å²) in [5.41, 5.74) is 0.403. The minimum atomic E-state index is -0.568. The fourth-order valence-electron chi connectivity index (χ4n) is 2.76. The van der Waals surface area contributed by atoms with Gasteiger partial charge in [-0.15, -0.1) is 0 Å². The molecule has 1 N–H and O–H groups in total. The van der Waals surface area contributed by atoms with Crippen LogP contribution in [-0.2, 0) is 0 Å². The van der Waals surface area contributed by atoms with E-state index in [0.29, 0.717) is 11.6 Å². The summed E-state index contributed by atoms with van der Waals surface area (Å²) < 4.78 is 0. The van der Waals surface area contributed by atoms with Crippen LogP contribution in [0.15, 0.2) is 30.6 Å². The van der Waals surface area contributed by atoms with E-state index in [1.54, 1.807) is 0 Å². The maximum atomic E-state index is 12.3. The van der Waals surface area contributed by atoms with Crippen molar-refractivity contribution in [2.45, 2.75) is 19.8 Å². The molecule has 3 rings (SSSR count). The van der Waals surface area contributed by atoms with Gasteiger partial charge in [0.05, 0.1) is 33.6 Å².